The number of aliphatic hydroxyl groups is 2. The highest BCUT2D eigenvalue weighted by molar-refractivity contribution is 5.75. The van der Waals surface area contributed by atoms with Gasteiger partial charge in [-0.3, -0.25) is 4.79 Å². The Labute approximate surface area is 59.9 Å². The second-order valence-electron chi connectivity index (χ2n) is 2.05. The first-order chi connectivity index (χ1) is 4.70. The largest absolute Gasteiger partial charge is 0.394 e. The average molecular weight is 147 g/mol. The molecule has 0 rings (SSSR count). The highest BCUT2D eigenvalue weighted by atomic mass is 16.3. The van der Waals surface area contributed by atoms with E-state index in [1.807, 2.05) is 0 Å². The van der Waals surface area contributed by atoms with E-state index in [0.717, 1.165) is 0 Å². The van der Waals surface area contributed by atoms with Crippen molar-refractivity contribution in [2.45, 2.75) is 18.9 Å². The van der Waals surface area contributed by atoms with E-state index in [9.17, 15) is 4.79 Å². The number of aliphatic hydroxyl groups excluding tert-OH is 2. The number of hydrogen-bond donors (Lipinski definition) is 3. The molecule has 0 aliphatic carbocycles. The SMILES string of the molecule is CNC(=O)CC[C@H](O)CO. The number of carbonyl (C=O) groups excluding carboxylic acids is 1. The summed E-state index contributed by atoms with van der Waals surface area (Å²) in [5, 5.41) is 19.5. The van der Waals surface area contributed by atoms with E-state index in [1.165, 1.54) is 7.05 Å². The highest BCUT2D eigenvalue weighted by Gasteiger charge is 2.04. The topological polar surface area (TPSA) is 69.6 Å². The number of rotatable bonds is 4. The maximum atomic E-state index is 10.5. The zero-order valence-electron chi connectivity index (χ0n) is 6.00. The second-order valence-corrected chi connectivity index (χ2v) is 2.05. The van der Waals surface area contributed by atoms with Gasteiger partial charge in [-0.25, -0.2) is 0 Å². The standard InChI is InChI=1S/C6H13NO3/c1-7-6(10)3-2-5(9)4-8/h5,8-9H,2-4H2,1H3,(H,7,10)/t5-/m0/s1. The molecule has 1 amide bonds. The predicted octanol–water partition coefficient (Wildman–Crippen LogP) is -1.13. The van der Waals surface area contributed by atoms with Crippen molar-refractivity contribution in [1.29, 1.82) is 0 Å². The van der Waals surface area contributed by atoms with Crippen LogP contribution in [0.2, 0.25) is 0 Å². The van der Waals surface area contributed by atoms with Crippen molar-refractivity contribution >= 4 is 5.91 Å². The van der Waals surface area contributed by atoms with Gasteiger partial charge in [0.25, 0.3) is 0 Å². The first-order valence-electron chi connectivity index (χ1n) is 3.20. The first-order valence-corrected chi connectivity index (χ1v) is 3.20. The zero-order chi connectivity index (χ0) is 7.98. The molecule has 4 heteroatoms. The van der Waals surface area contributed by atoms with E-state index < -0.39 is 6.10 Å². The minimum Gasteiger partial charge on any atom is -0.394 e. The average Bonchev–Trinajstić information content (AvgIpc) is 1.99. The fourth-order valence-electron chi connectivity index (χ4n) is 0.514. The molecule has 0 aromatic carbocycles. The summed E-state index contributed by atoms with van der Waals surface area (Å²) in [5.74, 6) is -0.118. The van der Waals surface area contributed by atoms with Crippen molar-refractivity contribution in [3.8, 4) is 0 Å². The summed E-state index contributed by atoms with van der Waals surface area (Å²) in [6, 6.07) is 0. The smallest absolute Gasteiger partial charge is 0.219 e. The van der Waals surface area contributed by atoms with Crippen LogP contribution >= 0.6 is 0 Å². The molecule has 0 aliphatic rings. The Morgan fingerprint density at radius 3 is 2.70 bits per heavy atom. The summed E-state index contributed by atoms with van der Waals surface area (Å²) in [4.78, 5) is 10.5. The lowest BCUT2D eigenvalue weighted by atomic mass is 10.2. The van der Waals surface area contributed by atoms with Gasteiger partial charge in [0.05, 0.1) is 12.7 Å². The molecule has 1 atom stereocenters. The lowest BCUT2D eigenvalue weighted by molar-refractivity contribution is -0.121. The molecule has 10 heavy (non-hydrogen) atoms. The van der Waals surface area contributed by atoms with Crippen molar-refractivity contribution in [1.82, 2.24) is 5.32 Å². The lowest BCUT2D eigenvalue weighted by Gasteiger charge is -2.04. The molecule has 0 unspecified atom stereocenters. The molecule has 0 aromatic heterocycles. The molecule has 0 bridgehead atoms. The van der Waals surface area contributed by atoms with Gasteiger partial charge in [0.2, 0.25) is 5.91 Å². The summed E-state index contributed by atoms with van der Waals surface area (Å²) >= 11 is 0. The Bertz CT molecular complexity index is 105. The van der Waals surface area contributed by atoms with E-state index in [-0.39, 0.29) is 18.9 Å². The van der Waals surface area contributed by atoms with Crippen LogP contribution in [0.5, 0.6) is 0 Å². The van der Waals surface area contributed by atoms with Crippen LogP contribution in [0.25, 0.3) is 0 Å². The van der Waals surface area contributed by atoms with E-state index in [4.69, 9.17) is 10.2 Å². The molecular weight excluding hydrogens is 134 g/mol. The lowest BCUT2D eigenvalue weighted by Crippen LogP contribution is -2.21. The normalized spacial score (nSPS) is 12.7. The van der Waals surface area contributed by atoms with E-state index in [1.54, 1.807) is 0 Å². The molecule has 60 valence electrons. The molecule has 0 spiro atoms. The van der Waals surface area contributed by atoms with Gasteiger partial charge >= 0.3 is 0 Å². The minimum atomic E-state index is -0.766. The van der Waals surface area contributed by atoms with Crippen molar-refractivity contribution < 1.29 is 15.0 Å². The molecule has 0 saturated carbocycles. The highest BCUT2D eigenvalue weighted by Crippen LogP contribution is 1.94. The third-order valence-corrected chi connectivity index (χ3v) is 1.19. The third kappa shape index (κ3) is 4.29. The fraction of sp³-hybridized carbons (Fsp3) is 0.833. The van der Waals surface area contributed by atoms with Gasteiger partial charge in [-0.1, -0.05) is 0 Å². The Hall–Kier alpha value is -0.610. The number of amides is 1. The molecule has 0 heterocycles. The molecule has 0 radical (unpaired) electrons. The fourth-order valence-corrected chi connectivity index (χ4v) is 0.514. The van der Waals surface area contributed by atoms with Gasteiger partial charge in [0.1, 0.15) is 0 Å². The van der Waals surface area contributed by atoms with Gasteiger partial charge in [0.15, 0.2) is 0 Å². The van der Waals surface area contributed by atoms with Crippen LogP contribution in [0.1, 0.15) is 12.8 Å². The van der Waals surface area contributed by atoms with Gasteiger partial charge < -0.3 is 15.5 Å². The summed E-state index contributed by atoms with van der Waals surface area (Å²) in [7, 11) is 1.54. The molecule has 0 aromatic rings. The Morgan fingerprint density at radius 1 is 1.70 bits per heavy atom. The van der Waals surface area contributed by atoms with Gasteiger partial charge in [-0.2, -0.15) is 0 Å². The van der Waals surface area contributed by atoms with E-state index in [2.05, 4.69) is 5.32 Å². The third-order valence-electron chi connectivity index (χ3n) is 1.19. The Kier molecular flexibility index (Phi) is 4.88. The first kappa shape index (κ1) is 9.39. The minimum absolute atomic E-state index is 0.118. The van der Waals surface area contributed by atoms with Crippen LogP contribution in [-0.2, 0) is 4.79 Å². The zero-order valence-corrected chi connectivity index (χ0v) is 6.00. The van der Waals surface area contributed by atoms with Crippen molar-refractivity contribution in [3.05, 3.63) is 0 Å². The van der Waals surface area contributed by atoms with Gasteiger partial charge in [-0.15, -0.1) is 0 Å². The van der Waals surface area contributed by atoms with Crippen molar-refractivity contribution in [2.75, 3.05) is 13.7 Å². The number of carbonyl (C=O) groups is 1. The van der Waals surface area contributed by atoms with E-state index >= 15 is 0 Å². The maximum absolute atomic E-state index is 10.5. The molecule has 3 N–H and O–H groups in total. The van der Waals surface area contributed by atoms with Gasteiger partial charge in [-0.05, 0) is 6.42 Å². The summed E-state index contributed by atoms with van der Waals surface area (Å²) in [6.07, 6.45) is -0.189. The van der Waals surface area contributed by atoms with Crippen LogP contribution in [0.4, 0.5) is 0 Å². The monoisotopic (exact) mass is 147 g/mol. The molecule has 4 nitrogen and oxygen atoms in total. The van der Waals surface area contributed by atoms with Crippen LogP contribution < -0.4 is 5.32 Å². The summed E-state index contributed by atoms with van der Waals surface area (Å²) in [6.45, 7) is -0.281. The van der Waals surface area contributed by atoms with Crippen LogP contribution in [-0.4, -0.2) is 35.9 Å². The number of hydrogen-bond acceptors (Lipinski definition) is 3. The second kappa shape index (κ2) is 5.20. The van der Waals surface area contributed by atoms with Crippen LogP contribution in [0, 0.1) is 0 Å². The Balaban J connectivity index is 3.26. The van der Waals surface area contributed by atoms with Crippen LogP contribution in [0.15, 0.2) is 0 Å². The van der Waals surface area contributed by atoms with Crippen molar-refractivity contribution in [3.63, 3.8) is 0 Å². The summed E-state index contributed by atoms with van der Waals surface area (Å²) < 4.78 is 0. The number of nitrogens with one attached hydrogen (secondary N) is 1. The predicted molar refractivity (Wildman–Crippen MR) is 36.4 cm³/mol. The van der Waals surface area contributed by atoms with Crippen LogP contribution in [0.3, 0.4) is 0 Å². The molecular formula is C6H13NO3. The maximum Gasteiger partial charge on any atom is 0.219 e. The Morgan fingerprint density at radius 2 is 2.30 bits per heavy atom. The molecule has 0 aliphatic heterocycles. The molecule has 0 saturated heterocycles. The van der Waals surface area contributed by atoms with Gasteiger partial charge in [0, 0.05) is 13.5 Å². The quantitative estimate of drug-likeness (QED) is 0.471. The van der Waals surface area contributed by atoms with E-state index in [0.29, 0.717) is 6.42 Å². The van der Waals surface area contributed by atoms with Crippen molar-refractivity contribution in [2.24, 2.45) is 0 Å². The summed E-state index contributed by atoms with van der Waals surface area (Å²) in [5.41, 5.74) is 0. The molecule has 0 fully saturated rings.